The first-order chi connectivity index (χ1) is 11.6. The predicted octanol–water partition coefficient (Wildman–Crippen LogP) is 5.38. The molecule has 0 saturated heterocycles. The molecule has 1 aromatic heterocycles. The number of benzene rings is 2. The van der Waals surface area contributed by atoms with E-state index < -0.39 is 5.97 Å². The van der Waals surface area contributed by atoms with E-state index in [1.54, 1.807) is 29.5 Å². The molecule has 3 aromatic rings. The largest absolute Gasteiger partial charge is 0.478 e. The van der Waals surface area contributed by atoms with Crippen LogP contribution in [0.1, 0.15) is 42.2 Å². The lowest BCUT2D eigenvalue weighted by Gasteiger charge is -2.10. The van der Waals surface area contributed by atoms with Crippen molar-refractivity contribution in [1.82, 2.24) is 9.71 Å². The lowest BCUT2D eigenvalue weighted by molar-refractivity contribution is 0.0696. The number of aromatic nitrogens is 1. The second-order valence-corrected chi connectivity index (χ2v) is 6.77. The third-order valence-corrected chi connectivity index (χ3v) is 5.30. The molecule has 6 heteroatoms. The summed E-state index contributed by atoms with van der Waals surface area (Å²) in [7, 11) is 0. The van der Waals surface area contributed by atoms with Gasteiger partial charge in [0.05, 0.1) is 21.8 Å². The number of thiazole rings is 1. The van der Waals surface area contributed by atoms with Crippen LogP contribution in [0.2, 0.25) is 0 Å². The topological polar surface area (TPSA) is 62.2 Å². The van der Waals surface area contributed by atoms with Crippen LogP contribution >= 0.6 is 23.3 Å². The standard InChI is InChI=1S/C16H14N2O2S2.C2H6/c1-10(15-17-13-7-2-3-8-14(13)21-15)18-22-12-6-4-5-11(9-12)16(19)20;1-2/h2-10,18H,1H3,(H,19,20);1-2H3. The molecule has 0 saturated carbocycles. The maximum absolute atomic E-state index is 11.0. The average molecular weight is 361 g/mol. The van der Waals surface area contributed by atoms with Crippen molar-refractivity contribution in [2.45, 2.75) is 31.7 Å². The van der Waals surface area contributed by atoms with Gasteiger partial charge in [0.1, 0.15) is 5.01 Å². The molecule has 1 atom stereocenters. The van der Waals surface area contributed by atoms with Crippen LogP contribution in [0.15, 0.2) is 53.4 Å². The number of hydrogen-bond donors (Lipinski definition) is 2. The molecular formula is C18H20N2O2S2. The van der Waals surface area contributed by atoms with E-state index in [0.717, 1.165) is 15.4 Å². The van der Waals surface area contributed by atoms with Gasteiger partial charge in [-0.2, -0.15) is 0 Å². The van der Waals surface area contributed by atoms with E-state index in [2.05, 4.69) is 15.8 Å². The Bertz CT molecular complexity index is 784. The molecule has 0 fully saturated rings. The van der Waals surface area contributed by atoms with E-state index in [1.165, 1.54) is 16.6 Å². The van der Waals surface area contributed by atoms with Crippen LogP contribution in [0, 0.1) is 0 Å². The summed E-state index contributed by atoms with van der Waals surface area (Å²) in [5, 5.41) is 10.0. The van der Waals surface area contributed by atoms with Gasteiger partial charge < -0.3 is 5.11 Å². The quantitative estimate of drug-likeness (QED) is 0.598. The number of carboxylic acid groups (broad SMARTS) is 1. The first-order valence-electron chi connectivity index (χ1n) is 7.74. The average Bonchev–Trinajstić information content (AvgIpc) is 3.06. The zero-order chi connectivity index (χ0) is 17.5. The maximum Gasteiger partial charge on any atom is 0.335 e. The van der Waals surface area contributed by atoms with Gasteiger partial charge in [-0.3, -0.25) is 4.72 Å². The van der Waals surface area contributed by atoms with Gasteiger partial charge in [0.15, 0.2) is 0 Å². The van der Waals surface area contributed by atoms with Gasteiger partial charge in [0.2, 0.25) is 0 Å². The number of rotatable bonds is 5. The number of hydrogen-bond acceptors (Lipinski definition) is 5. The summed E-state index contributed by atoms with van der Waals surface area (Å²) in [6.07, 6.45) is 0. The Balaban J connectivity index is 0.00000100. The Morgan fingerprint density at radius 1 is 1.21 bits per heavy atom. The van der Waals surface area contributed by atoms with E-state index in [1.807, 2.05) is 45.0 Å². The highest BCUT2D eigenvalue weighted by Crippen LogP contribution is 2.28. The summed E-state index contributed by atoms with van der Waals surface area (Å²) < 4.78 is 4.48. The van der Waals surface area contributed by atoms with E-state index in [-0.39, 0.29) is 6.04 Å². The third kappa shape index (κ3) is 4.56. The molecule has 1 heterocycles. The second-order valence-electron chi connectivity index (χ2n) is 4.79. The fourth-order valence-corrected chi connectivity index (χ4v) is 3.78. The van der Waals surface area contributed by atoms with Crippen molar-refractivity contribution in [3.63, 3.8) is 0 Å². The molecular weight excluding hydrogens is 340 g/mol. The first-order valence-corrected chi connectivity index (χ1v) is 9.38. The Kier molecular flexibility index (Phi) is 6.78. The van der Waals surface area contributed by atoms with Crippen LogP contribution in [-0.4, -0.2) is 16.1 Å². The Morgan fingerprint density at radius 3 is 2.67 bits per heavy atom. The van der Waals surface area contributed by atoms with Crippen molar-refractivity contribution in [3.05, 3.63) is 59.1 Å². The summed E-state index contributed by atoms with van der Waals surface area (Å²) in [6.45, 7) is 6.05. The van der Waals surface area contributed by atoms with Gasteiger partial charge in [-0.25, -0.2) is 9.78 Å². The third-order valence-electron chi connectivity index (χ3n) is 3.12. The zero-order valence-corrected chi connectivity index (χ0v) is 15.4. The highest BCUT2D eigenvalue weighted by molar-refractivity contribution is 7.97. The summed E-state index contributed by atoms with van der Waals surface area (Å²) in [5.41, 5.74) is 1.30. The highest BCUT2D eigenvalue weighted by atomic mass is 32.2. The maximum atomic E-state index is 11.0. The molecule has 0 spiro atoms. The van der Waals surface area contributed by atoms with Crippen LogP contribution in [0.4, 0.5) is 0 Å². The van der Waals surface area contributed by atoms with E-state index in [9.17, 15) is 4.79 Å². The molecule has 24 heavy (non-hydrogen) atoms. The van der Waals surface area contributed by atoms with Crippen LogP contribution < -0.4 is 4.72 Å². The van der Waals surface area contributed by atoms with Gasteiger partial charge in [-0.05, 0) is 49.2 Å². The molecule has 0 bridgehead atoms. The molecule has 3 rings (SSSR count). The fourth-order valence-electron chi connectivity index (χ4n) is 1.97. The monoisotopic (exact) mass is 360 g/mol. The predicted molar refractivity (Wildman–Crippen MR) is 102 cm³/mol. The van der Waals surface area contributed by atoms with E-state index in [0.29, 0.717) is 5.56 Å². The van der Waals surface area contributed by atoms with Crippen LogP contribution in [0.5, 0.6) is 0 Å². The summed E-state index contributed by atoms with van der Waals surface area (Å²) >= 11 is 3.09. The SMILES string of the molecule is CC.CC(NSc1cccc(C(=O)O)c1)c1nc2ccccc2s1. The minimum Gasteiger partial charge on any atom is -0.478 e. The number of nitrogens with one attached hydrogen (secondary N) is 1. The van der Waals surface area contributed by atoms with Crippen molar-refractivity contribution < 1.29 is 9.90 Å². The van der Waals surface area contributed by atoms with Gasteiger partial charge >= 0.3 is 5.97 Å². The van der Waals surface area contributed by atoms with Crippen molar-refractivity contribution in [3.8, 4) is 0 Å². The number of nitrogens with zero attached hydrogens (tertiary/aromatic N) is 1. The molecule has 2 aromatic carbocycles. The minimum absolute atomic E-state index is 0.0795. The molecule has 1 unspecified atom stereocenters. The Morgan fingerprint density at radius 2 is 1.96 bits per heavy atom. The molecule has 0 amide bonds. The van der Waals surface area contributed by atoms with Gasteiger partial charge in [0, 0.05) is 4.90 Å². The number of aromatic carboxylic acids is 1. The Hall–Kier alpha value is -1.89. The van der Waals surface area contributed by atoms with Crippen LogP contribution in [0.25, 0.3) is 10.2 Å². The summed E-state index contributed by atoms with van der Waals surface area (Å²) in [6, 6.07) is 15.0. The summed E-state index contributed by atoms with van der Waals surface area (Å²) in [4.78, 5) is 16.5. The number of carboxylic acids is 1. The van der Waals surface area contributed by atoms with Crippen molar-refractivity contribution in [1.29, 1.82) is 0 Å². The molecule has 0 aliphatic heterocycles. The summed E-state index contributed by atoms with van der Waals surface area (Å²) in [5.74, 6) is -0.915. The molecule has 0 aliphatic carbocycles. The molecule has 0 aliphatic rings. The molecule has 4 nitrogen and oxygen atoms in total. The zero-order valence-electron chi connectivity index (χ0n) is 13.8. The van der Waals surface area contributed by atoms with Gasteiger partial charge in [-0.1, -0.05) is 32.0 Å². The van der Waals surface area contributed by atoms with Crippen LogP contribution in [0.3, 0.4) is 0 Å². The number of para-hydroxylation sites is 1. The van der Waals surface area contributed by atoms with Crippen molar-refractivity contribution in [2.75, 3.05) is 0 Å². The van der Waals surface area contributed by atoms with Crippen molar-refractivity contribution in [2.24, 2.45) is 0 Å². The second kappa shape index (κ2) is 8.82. The van der Waals surface area contributed by atoms with Gasteiger partial charge in [0.25, 0.3) is 0 Å². The van der Waals surface area contributed by atoms with E-state index >= 15 is 0 Å². The lowest BCUT2D eigenvalue weighted by atomic mass is 10.2. The van der Waals surface area contributed by atoms with Crippen molar-refractivity contribution >= 4 is 39.5 Å². The van der Waals surface area contributed by atoms with Gasteiger partial charge in [-0.15, -0.1) is 11.3 Å². The normalized spacial score (nSPS) is 11.6. The Labute approximate surface area is 150 Å². The number of carbonyl (C=O) groups is 1. The lowest BCUT2D eigenvalue weighted by Crippen LogP contribution is -2.09. The molecule has 2 N–H and O–H groups in total. The highest BCUT2D eigenvalue weighted by Gasteiger charge is 2.12. The fraction of sp³-hybridized carbons (Fsp3) is 0.222. The molecule has 126 valence electrons. The number of fused-ring (bicyclic) bond motifs is 1. The van der Waals surface area contributed by atoms with E-state index in [4.69, 9.17) is 5.11 Å². The van der Waals surface area contributed by atoms with Crippen LogP contribution in [-0.2, 0) is 0 Å². The minimum atomic E-state index is -0.915. The first kappa shape index (κ1) is 18.4. The smallest absolute Gasteiger partial charge is 0.335 e. The molecule has 0 radical (unpaired) electrons.